The Morgan fingerprint density at radius 2 is 1.83 bits per heavy atom. The molecule has 2 aromatic rings. The summed E-state index contributed by atoms with van der Waals surface area (Å²) in [5, 5.41) is 0. The smallest absolute Gasteiger partial charge is 0.302 e. The number of aryl methyl sites for hydroxylation is 2. The minimum Gasteiger partial charge on any atom is -0.466 e. The normalized spacial score (nSPS) is 21.2. The van der Waals surface area contributed by atoms with E-state index < -0.39 is 15.6 Å². The fraction of sp³-hybridized carbons (Fsp3) is 0.348. The van der Waals surface area contributed by atoms with Crippen LogP contribution in [0.4, 0.5) is 0 Å². The number of hydrogen-bond acceptors (Lipinski definition) is 4. The van der Waals surface area contributed by atoms with E-state index in [2.05, 4.69) is 6.07 Å². The summed E-state index contributed by atoms with van der Waals surface area (Å²) in [5.74, 6) is -0.359. The molecule has 0 fully saturated rings. The van der Waals surface area contributed by atoms with E-state index in [0.29, 0.717) is 13.0 Å². The van der Waals surface area contributed by atoms with Gasteiger partial charge in [-0.15, -0.1) is 0 Å². The first kappa shape index (κ1) is 19.9. The maximum atomic E-state index is 13.7. The van der Waals surface area contributed by atoms with Crippen LogP contribution in [0.3, 0.4) is 0 Å². The van der Waals surface area contributed by atoms with E-state index in [1.54, 1.807) is 16.4 Å². The Morgan fingerprint density at radius 3 is 2.55 bits per heavy atom. The summed E-state index contributed by atoms with van der Waals surface area (Å²) in [7, 11) is -3.74. The van der Waals surface area contributed by atoms with Crippen molar-refractivity contribution in [3.63, 3.8) is 0 Å². The second kappa shape index (κ2) is 7.43. The number of nitrogens with zero attached hydrogens (tertiary/aromatic N) is 1. The van der Waals surface area contributed by atoms with Gasteiger partial charge in [0.1, 0.15) is 0 Å². The SMILES string of the molecule is CC(=O)OCC[C@]12C(=CCN1S(=O)(=O)c1ccc(C)cc1)CCc1ccccc12. The highest BCUT2D eigenvalue weighted by Crippen LogP contribution is 2.51. The van der Waals surface area contributed by atoms with Gasteiger partial charge in [0.25, 0.3) is 0 Å². The highest BCUT2D eigenvalue weighted by Gasteiger charge is 2.52. The van der Waals surface area contributed by atoms with Crippen LogP contribution in [0.15, 0.2) is 65.1 Å². The molecule has 0 amide bonds. The van der Waals surface area contributed by atoms with Crippen LogP contribution in [-0.4, -0.2) is 31.8 Å². The van der Waals surface area contributed by atoms with Crippen molar-refractivity contribution in [1.29, 1.82) is 0 Å². The Balaban J connectivity index is 1.84. The zero-order chi connectivity index (χ0) is 20.6. The minimum atomic E-state index is -3.74. The van der Waals surface area contributed by atoms with E-state index >= 15 is 0 Å². The Hall–Kier alpha value is -2.44. The Kier molecular flexibility index (Phi) is 5.09. The molecule has 152 valence electrons. The molecule has 0 aromatic heterocycles. The Morgan fingerprint density at radius 1 is 1.10 bits per heavy atom. The van der Waals surface area contributed by atoms with Gasteiger partial charge in [-0.05, 0) is 48.6 Å². The molecule has 6 heteroatoms. The van der Waals surface area contributed by atoms with Crippen LogP contribution in [0.5, 0.6) is 0 Å². The second-order valence-corrected chi connectivity index (χ2v) is 9.55. The molecule has 1 heterocycles. The van der Waals surface area contributed by atoms with E-state index in [-0.39, 0.29) is 17.5 Å². The van der Waals surface area contributed by atoms with Crippen LogP contribution < -0.4 is 0 Å². The van der Waals surface area contributed by atoms with Crippen LogP contribution in [0, 0.1) is 6.92 Å². The maximum Gasteiger partial charge on any atom is 0.302 e. The van der Waals surface area contributed by atoms with E-state index in [1.165, 1.54) is 6.92 Å². The van der Waals surface area contributed by atoms with Crippen molar-refractivity contribution in [2.24, 2.45) is 0 Å². The first-order valence-electron chi connectivity index (χ1n) is 9.86. The number of rotatable bonds is 5. The zero-order valence-corrected chi connectivity index (χ0v) is 17.5. The second-order valence-electron chi connectivity index (χ2n) is 7.69. The predicted molar refractivity (Wildman–Crippen MR) is 111 cm³/mol. The van der Waals surface area contributed by atoms with E-state index in [9.17, 15) is 13.2 Å². The summed E-state index contributed by atoms with van der Waals surface area (Å²) in [6, 6.07) is 15.0. The maximum absolute atomic E-state index is 13.7. The molecule has 2 aromatic carbocycles. The zero-order valence-electron chi connectivity index (χ0n) is 16.7. The van der Waals surface area contributed by atoms with Gasteiger partial charge >= 0.3 is 5.97 Å². The molecule has 1 aliphatic carbocycles. The summed E-state index contributed by atoms with van der Waals surface area (Å²) in [6.45, 7) is 3.80. The summed E-state index contributed by atoms with van der Waals surface area (Å²) in [6.07, 6.45) is 4.13. The van der Waals surface area contributed by atoms with Gasteiger partial charge in [-0.1, -0.05) is 48.0 Å². The minimum absolute atomic E-state index is 0.168. The van der Waals surface area contributed by atoms with Gasteiger partial charge in [-0.3, -0.25) is 4.79 Å². The molecule has 0 spiro atoms. The number of carbonyl (C=O) groups excluding carboxylic acids is 1. The third-order valence-corrected chi connectivity index (χ3v) is 7.87. The van der Waals surface area contributed by atoms with Crippen LogP contribution in [0.1, 0.15) is 36.5 Å². The number of sulfonamides is 1. The van der Waals surface area contributed by atoms with Crippen molar-refractivity contribution in [3.8, 4) is 0 Å². The lowest BCUT2D eigenvalue weighted by molar-refractivity contribution is -0.141. The van der Waals surface area contributed by atoms with Crippen molar-refractivity contribution in [2.75, 3.05) is 13.2 Å². The molecule has 0 unspecified atom stereocenters. The first-order valence-corrected chi connectivity index (χ1v) is 11.3. The van der Waals surface area contributed by atoms with Gasteiger partial charge in [-0.25, -0.2) is 8.42 Å². The first-order chi connectivity index (χ1) is 13.9. The van der Waals surface area contributed by atoms with Crippen molar-refractivity contribution in [3.05, 3.63) is 76.9 Å². The number of benzene rings is 2. The number of hydrogen-bond donors (Lipinski definition) is 0. The molecule has 4 rings (SSSR count). The quantitative estimate of drug-likeness (QED) is 0.556. The fourth-order valence-corrected chi connectivity index (χ4v) is 6.33. The number of esters is 1. The Bertz CT molecular complexity index is 1070. The summed E-state index contributed by atoms with van der Waals surface area (Å²) in [4.78, 5) is 11.7. The van der Waals surface area contributed by atoms with Gasteiger partial charge < -0.3 is 4.74 Å². The van der Waals surface area contributed by atoms with Crippen molar-refractivity contribution >= 4 is 16.0 Å². The highest BCUT2D eigenvalue weighted by molar-refractivity contribution is 7.89. The Labute approximate surface area is 172 Å². The number of carbonyl (C=O) groups is 1. The molecule has 5 nitrogen and oxygen atoms in total. The average molecular weight is 412 g/mol. The van der Waals surface area contributed by atoms with Crippen molar-refractivity contribution < 1.29 is 17.9 Å². The van der Waals surface area contributed by atoms with Gasteiger partial charge in [0, 0.05) is 19.9 Å². The van der Waals surface area contributed by atoms with Crippen molar-refractivity contribution in [2.45, 2.75) is 43.5 Å². The largest absolute Gasteiger partial charge is 0.466 e. The average Bonchev–Trinajstić information content (AvgIpc) is 3.08. The molecule has 0 saturated carbocycles. The van der Waals surface area contributed by atoms with Crippen LogP contribution in [-0.2, 0) is 31.5 Å². The lowest BCUT2D eigenvalue weighted by Gasteiger charge is -2.44. The molecule has 1 aliphatic heterocycles. The topological polar surface area (TPSA) is 63.7 Å². The molecular formula is C23H25NO4S. The number of fused-ring (bicyclic) bond motifs is 3. The van der Waals surface area contributed by atoms with E-state index in [4.69, 9.17) is 4.74 Å². The van der Waals surface area contributed by atoms with Gasteiger partial charge in [0.2, 0.25) is 10.0 Å². The van der Waals surface area contributed by atoms with Gasteiger partial charge in [0.05, 0.1) is 17.0 Å². The molecule has 29 heavy (non-hydrogen) atoms. The summed E-state index contributed by atoms with van der Waals surface area (Å²) >= 11 is 0. The monoisotopic (exact) mass is 411 g/mol. The standard InChI is InChI=1S/C23H25NO4S/c1-17-7-11-21(12-8-17)29(26,27)24-15-13-20-10-9-19-5-3-4-6-22(19)23(20,24)14-16-28-18(2)25/h3-8,11-13H,9-10,14-16H2,1-2H3/t23-/m1/s1. The van der Waals surface area contributed by atoms with Crippen LogP contribution >= 0.6 is 0 Å². The molecule has 2 aliphatic rings. The molecule has 0 bridgehead atoms. The van der Waals surface area contributed by atoms with Gasteiger partial charge in [-0.2, -0.15) is 4.31 Å². The predicted octanol–water partition coefficient (Wildman–Crippen LogP) is 3.72. The molecular weight excluding hydrogens is 386 g/mol. The summed E-state index contributed by atoms with van der Waals surface area (Å²) < 4.78 is 34.3. The highest BCUT2D eigenvalue weighted by atomic mass is 32.2. The molecule has 0 N–H and O–H groups in total. The third-order valence-electron chi connectivity index (χ3n) is 5.97. The third kappa shape index (κ3) is 3.30. The van der Waals surface area contributed by atoms with Crippen molar-refractivity contribution in [1.82, 2.24) is 4.31 Å². The molecule has 0 saturated heterocycles. The van der Waals surface area contributed by atoms with E-state index in [1.807, 2.05) is 43.3 Å². The van der Waals surface area contributed by atoms with Gasteiger partial charge in [0.15, 0.2) is 0 Å². The fourth-order valence-electron chi connectivity index (χ4n) is 4.61. The molecule has 1 atom stereocenters. The lowest BCUT2D eigenvalue weighted by Crippen LogP contribution is -2.49. The van der Waals surface area contributed by atoms with E-state index in [0.717, 1.165) is 35.1 Å². The lowest BCUT2D eigenvalue weighted by atomic mass is 9.72. The van der Waals surface area contributed by atoms with Crippen LogP contribution in [0.2, 0.25) is 0 Å². The molecule has 0 radical (unpaired) electrons. The summed E-state index contributed by atoms with van der Waals surface area (Å²) in [5.41, 5.74) is 3.45. The number of ether oxygens (including phenoxy) is 1. The van der Waals surface area contributed by atoms with Crippen LogP contribution in [0.25, 0.3) is 0 Å².